The van der Waals surface area contributed by atoms with E-state index in [1.807, 2.05) is 0 Å². The van der Waals surface area contributed by atoms with Crippen LogP contribution in [-0.4, -0.2) is 19.3 Å². The first-order valence-corrected chi connectivity index (χ1v) is 7.48. The number of aryl methyl sites for hydroxylation is 1. The molecule has 8 heteroatoms. The van der Waals surface area contributed by atoms with Gasteiger partial charge in [-0.1, -0.05) is 0 Å². The standard InChI is InChI=1S/C13H14N4O3S/c1-8-6-12(14)11(7-16-8)13(18)17-9-2-4-10(5-3-9)21(15,19)20/h2-7H,1H3,(H2,14,16)(H,17,18)(H2,15,19,20). The van der Waals surface area contributed by atoms with Crippen LogP contribution in [0.5, 0.6) is 0 Å². The lowest BCUT2D eigenvalue weighted by atomic mass is 10.2. The molecular weight excluding hydrogens is 292 g/mol. The molecule has 2 aromatic rings. The average Bonchev–Trinajstić information content (AvgIpc) is 2.38. The van der Waals surface area contributed by atoms with Crippen molar-refractivity contribution in [2.75, 3.05) is 11.1 Å². The third-order valence-corrected chi connectivity index (χ3v) is 3.69. The highest BCUT2D eigenvalue weighted by Crippen LogP contribution is 2.16. The van der Waals surface area contributed by atoms with Gasteiger partial charge in [-0.2, -0.15) is 0 Å². The third kappa shape index (κ3) is 3.56. The Morgan fingerprint density at radius 1 is 1.24 bits per heavy atom. The van der Waals surface area contributed by atoms with Gasteiger partial charge in [0.1, 0.15) is 0 Å². The number of pyridine rings is 1. The van der Waals surface area contributed by atoms with Gasteiger partial charge in [-0.25, -0.2) is 13.6 Å². The fourth-order valence-corrected chi connectivity index (χ4v) is 2.21. The number of benzene rings is 1. The second kappa shape index (κ2) is 5.51. The summed E-state index contributed by atoms with van der Waals surface area (Å²) in [6, 6.07) is 7.09. The number of nitrogens with zero attached hydrogens (tertiary/aromatic N) is 1. The molecule has 1 aromatic carbocycles. The molecule has 1 heterocycles. The van der Waals surface area contributed by atoms with Crippen LogP contribution in [0.3, 0.4) is 0 Å². The Balaban J connectivity index is 2.20. The number of amides is 1. The normalized spacial score (nSPS) is 11.1. The van der Waals surface area contributed by atoms with Crippen LogP contribution in [-0.2, 0) is 10.0 Å². The van der Waals surface area contributed by atoms with E-state index in [-0.39, 0.29) is 10.5 Å². The Bertz CT molecular complexity index is 786. The summed E-state index contributed by atoms with van der Waals surface area (Å²) in [7, 11) is -3.75. The van der Waals surface area contributed by atoms with E-state index in [9.17, 15) is 13.2 Å². The van der Waals surface area contributed by atoms with Gasteiger partial charge in [0.15, 0.2) is 0 Å². The summed E-state index contributed by atoms with van der Waals surface area (Å²) in [6.45, 7) is 1.77. The minimum Gasteiger partial charge on any atom is -0.398 e. The summed E-state index contributed by atoms with van der Waals surface area (Å²) in [5.41, 5.74) is 7.46. The van der Waals surface area contributed by atoms with E-state index < -0.39 is 15.9 Å². The predicted octanol–water partition coefficient (Wildman–Crippen LogP) is 0.872. The molecule has 0 aliphatic rings. The van der Waals surface area contributed by atoms with Crippen molar-refractivity contribution in [1.29, 1.82) is 0 Å². The summed E-state index contributed by atoms with van der Waals surface area (Å²) in [6.07, 6.45) is 1.39. The van der Waals surface area contributed by atoms with E-state index in [1.54, 1.807) is 13.0 Å². The Kier molecular flexibility index (Phi) is 3.92. The number of anilines is 2. The Labute approximate surface area is 122 Å². The van der Waals surface area contributed by atoms with Gasteiger partial charge in [-0.3, -0.25) is 9.78 Å². The molecule has 0 aliphatic carbocycles. The van der Waals surface area contributed by atoms with Gasteiger partial charge in [-0.15, -0.1) is 0 Å². The maximum absolute atomic E-state index is 12.1. The van der Waals surface area contributed by atoms with E-state index in [0.717, 1.165) is 0 Å². The van der Waals surface area contributed by atoms with E-state index in [2.05, 4.69) is 10.3 Å². The zero-order chi connectivity index (χ0) is 15.6. The lowest BCUT2D eigenvalue weighted by Gasteiger charge is -2.08. The summed E-state index contributed by atoms with van der Waals surface area (Å²) in [5, 5.41) is 7.60. The number of nitrogens with two attached hydrogens (primary N) is 2. The zero-order valence-electron chi connectivity index (χ0n) is 11.2. The molecule has 0 fully saturated rings. The number of carbonyl (C=O) groups excluding carboxylic acids is 1. The van der Waals surface area contributed by atoms with Gasteiger partial charge in [0.05, 0.1) is 10.5 Å². The molecule has 0 spiro atoms. The van der Waals surface area contributed by atoms with Crippen molar-refractivity contribution < 1.29 is 13.2 Å². The predicted molar refractivity (Wildman–Crippen MR) is 79.2 cm³/mol. The zero-order valence-corrected chi connectivity index (χ0v) is 12.0. The van der Waals surface area contributed by atoms with Gasteiger partial charge in [0.25, 0.3) is 5.91 Å². The van der Waals surface area contributed by atoms with E-state index >= 15 is 0 Å². The molecule has 1 amide bonds. The lowest BCUT2D eigenvalue weighted by Crippen LogP contribution is -2.15. The quantitative estimate of drug-likeness (QED) is 0.775. The maximum Gasteiger partial charge on any atom is 0.259 e. The first kappa shape index (κ1) is 14.9. The minimum atomic E-state index is -3.75. The Morgan fingerprint density at radius 2 is 1.86 bits per heavy atom. The van der Waals surface area contributed by atoms with Crippen molar-refractivity contribution in [1.82, 2.24) is 4.98 Å². The molecule has 0 bridgehead atoms. The topological polar surface area (TPSA) is 128 Å². The first-order valence-electron chi connectivity index (χ1n) is 5.94. The van der Waals surface area contributed by atoms with Gasteiger partial charge >= 0.3 is 0 Å². The molecule has 0 atom stereocenters. The smallest absolute Gasteiger partial charge is 0.259 e. The molecule has 5 N–H and O–H groups in total. The van der Waals surface area contributed by atoms with E-state index in [1.165, 1.54) is 30.5 Å². The SMILES string of the molecule is Cc1cc(N)c(C(=O)Nc2ccc(S(N)(=O)=O)cc2)cn1. The fourth-order valence-electron chi connectivity index (χ4n) is 1.70. The molecule has 7 nitrogen and oxygen atoms in total. The molecular formula is C13H14N4O3S. The van der Waals surface area contributed by atoms with Crippen LogP contribution in [0, 0.1) is 6.92 Å². The second-order valence-corrected chi connectivity index (χ2v) is 6.00. The monoisotopic (exact) mass is 306 g/mol. The first-order chi connectivity index (χ1) is 9.77. The third-order valence-electron chi connectivity index (χ3n) is 2.76. The van der Waals surface area contributed by atoms with Crippen molar-refractivity contribution in [2.45, 2.75) is 11.8 Å². The van der Waals surface area contributed by atoms with Crippen molar-refractivity contribution in [3.63, 3.8) is 0 Å². The Hall–Kier alpha value is -2.45. The molecule has 0 aliphatic heterocycles. The van der Waals surface area contributed by atoms with Crippen LogP contribution in [0.15, 0.2) is 41.4 Å². The summed E-state index contributed by atoms with van der Waals surface area (Å²) >= 11 is 0. The van der Waals surface area contributed by atoms with Crippen LogP contribution >= 0.6 is 0 Å². The molecule has 110 valence electrons. The number of rotatable bonds is 3. The molecule has 0 radical (unpaired) electrons. The highest BCUT2D eigenvalue weighted by atomic mass is 32.2. The van der Waals surface area contributed by atoms with Crippen LogP contribution < -0.4 is 16.2 Å². The number of hydrogen-bond acceptors (Lipinski definition) is 5. The van der Waals surface area contributed by atoms with Gasteiger partial charge in [0.2, 0.25) is 10.0 Å². The van der Waals surface area contributed by atoms with Crippen LogP contribution in [0.2, 0.25) is 0 Å². The highest BCUT2D eigenvalue weighted by Gasteiger charge is 2.12. The van der Waals surface area contributed by atoms with E-state index in [4.69, 9.17) is 10.9 Å². The van der Waals surface area contributed by atoms with Crippen molar-refractivity contribution in [3.05, 3.63) is 47.8 Å². The molecule has 1 aromatic heterocycles. The van der Waals surface area contributed by atoms with Crippen molar-refractivity contribution >= 4 is 27.3 Å². The largest absolute Gasteiger partial charge is 0.398 e. The molecule has 21 heavy (non-hydrogen) atoms. The number of hydrogen-bond donors (Lipinski definition) is 3. The van der Waals surface area contributed by atoms with Crippen LogP contribution in [0.25, 0.3) is 0 Å². The van der Waals surface area contributed by atoms with Crippen LogP contribution in [0.4, 0.5) is 11.4 Å². The van der Waals surface area contributed by atoms with Gasteiger partial charge in [0, 0.05) is 23.3 Å². The summed E-state index contributed by atoms with van der Waals surface area (Å²) in [5.74, 6) is -0.427. The average molecular weight is 306 g/mol. The fraction of sp³-hybridized carbons (Fsp3) is 0.0769. The lowest BCUT2D eigenvalue weighted by molar-refractivity contribution is 0.102. The Morgan fingerprint density at radius 3 is 2.38 bits per heavy atom. The number of nitrogen functional groups attached to an aromatic ring is 1. The highest BCUT2D eigenvalue weighted by molar-refractivity contribution is 7.89. The van der Waals surface area contributed by atoms with Crippen LogP contribution in [0.1, 0.15) is 16.1 Å². The molecule has 0 saturated carbocycles. The van der Waals surface area contributed by atoms with E-state index in [0.29, 0.717) is 17.1 Å². The van der Waals surface area contributed by atoms with Gasteiger partial charge < -0.3 is 11.1 Å². The van der Waals surface area contributed by atoms with Crippen molar-refractivity contribution in [3.8, 4) is 0 Å². The summed E-state index contributed by atoms with van der Waals surface area (Å²) in [4.78, 5) is 16.0. The molecule has 2 rings (SSSR count). The molecule has 0 unspecified atom stereocenters. The number of nitrogens with one attached hydrogen (secondary N) is 1. The number of sulfonamides is 1. The second-order valence-electron chi connectivity index (χ2n) is 4.44. The minimum absolute atomic E-state index is 0.0305. The summed E-state index contributed by atoms with van der Waals surface area (Å²) < 4.78 is 22.3. The maximum atomic E-state index is 12.1. The number of aromatic nitrogens is 1. The molecule has 0 saturated heterocycles. The van der Waals surface area contributed by atoms with Gasteiger partial charge in [-0.05, 0) is 37.3 Å². The number of primary sulfonamides is 1. The number of carbonyl (C=O) groups is 1. The van der Waals surface area contributed by atoms with Crippen molar-refractivity contribution in [2.24, 2.45) is 5.14 Å².